The predicted octanol–water partition coefficient (Wildman–Crippen LogP) is 0.823. The number of hydrogen-bond donors (Lipinski definition) is 3. The van der Waals surface area contributed by atoms with Crippen LogP contribution in [0, 0.1) is 0 Å². The summed E-state index contributed by atoms with van der Waals surface area (Å²) in [6, 6.07) is 0. The highest BCUT2D eigenvalue weighted by Gasteiger charge is 2.18. The van der Waals surface area contributed by atoms with Gasteiger partial charge in [0, 0.05) is 6.54 Å². The number of likely N-dealkylation sites (N-methyl/N-ethyl adjacent to an activating group) is 1. The third-order valence-electron chi connectivity index (χ3n) is 3.39. The van der Waals surface area contributed by atoms with E-state index in [-0.39, 0.29) is 19.1 Å². The summed E-state index contributed by atoms with van der Waals surface area (Å²) in [5.41, 5.74) is 0. The monoisotopic (exact) mass is 398 g/mol. The van der Waals surface area contributed by atoms with Crippen molar-refractivity contribution in [3.8, 4) is 0 Å². The van der Waals surface area contributed by atoms with E-state index in [1.54, 1.807) is 13.8 Å². The van der Waals surface area contributed by atoms with E-state index < -0.39 is 17.5 Å². The van der Waals surface area contributed by atoms with Gasteiger partial charge in [-0.25, -0.2) is 4.39 Å². The molecule has 2 N–H and O–H groups in total. The first-order valence-corrected chi connectivity index (χ1v) is 9.66. The molecule has 0 fully saturated rings. The Kier molecular flexibility index (Phi) is 17.6. The second kappa shape index (κ2) is 17.9. The van der Waals surface area contributed by atoms with E-state index in [0.717, 1.165) is 13.1 Å². The lowest BCUT2D eigenvalue weighted by Crippen LogP contribution is -2.39. The number of amides is 1. The molecule has 0 aliphatic heterocycles. The van der Waals surface area contributed by atoms with Crippen molar-refractivity contribution in [3.63, 3.8) is 0 Å². The minimum Gasteiger partial charge on any atom is -0.378 e. The normalized spacial score (nSPS) is 14.8. The Bertz CT molecular complexity index is 340. The van der Waals surface area contributed by atoms with Gasteiger partial charge in [0.1, 0.15) is 6.17 Å². The molecule has 0 aromatic rings. The number of thiol groups is 1. The van der Waals surface area contributed by atoms with Crippen molar-refractivity contribution in [1.29, 1.82) is 0 Å². The molecule has 3 atom stereocenters. The van der Waals surface area contributed by atoms with Gasteiger partial charge in [0.25, 0.3) is 0 Å². The van der Waals surface area contributed by atoms with E-state index in [1.807, 2.05) is 0 Å². The molecule has 0 rings (SSSR count). The molecular weight excluding hydrogens is 363 g/mol. The number of alkyl halides is 1. The van der Waals surface area contributed by atoms with Gasteiger partial charge in [-0.05, 0) is 20.4 Å². The lowest BCUT2D eigenvalue weighted by atomic mass is 10.2. The van der Waals surface area contributed by atoms with E-state index in [0.29, 0.717) is 39.6 Å². The molecule has 7 nitrogen and oxygen atoms in total. The van der Waals surface area contributed by atoms with Crippen LogP contribution in [-0.2, 0) is 23.7 Å². The van der Waals surface area contributed by atoms with Crippen molar-refractivity contribution >= 4 is 18.5 Å². The zero-order valence-electron chi connectivity index (χ0n) is 16.2. The molecule has 0 heterocycles. The van der Waals surface area contributed by atoms with Crippen LogP contribution in [0.2, 0.25) is 0 Å². The fourth-order valence-electron chi connectivity index (χ4n) is 1.77. The Hall–Kier alpha value is -0.450. The standard InChI is InChI=1S/C17H35FN2O5S/c1-4-19-5-6-22-7-8-23-9-10-24-11-12-25-14(2)16(18)13-20-17(21)15(3)26/h14-16,19,26H,4-13H2,1-3H3,(H,20,21). The Balaban J connectivity index is 3.37. The Morgan fingerprint density at radius 1 is 1.00 bits per heavy atom. The first-order chi connectivity index (χ1) is 12.5. The quantitative estimate of drug-likeness (QED) is 0.234. The van der Waals surface area contributed by atoms with Crippen molar-refractivity contribution < 1.29 is 28.1 Å². The van der Waals surface area contributed by atoms with Crippen molar-refractivity contribution in [2.75, 3.05) is 65.9 Å². The first kappa shape index (κ1) is 25.6. The van der Waals surface area contributed by atoms with Crippen molar-refractivity contribution in [2.45, 2.75) is 38.3 Å². The van der Waals surface area contributed by atoms with Gasteiger partial charge in [-0.1, -0.05) is 6.92 Å². The SMILES string of the molecule is CCNCCOCCOCCOCCOC(C)C(F)CNC(=O)C(C)S. The van der Waals surface area contributed by atoms with Crippen LogP contribution in [0.5, 0.6) is 0 Å². The van der Waals surface area contributed by atoms with Gasteiger partial charge < -0.3 is 29.6 Å². The van der Waals surface area contributed by atoms with Crippen LogP contribution in [0.15, 0.2) is 0 Å². The highest BCUT2D eigenvalue weighted by atomic mass is 32.1. The van der Waals surface area contributed by atoms with E-state index in [9.17, 15) is 9.18 Å². The summed E-state index contributed by atoms with van der Waals surface area (Å²) in [6.07, 6.45) is -1.90. The van der Waals surface area contributed by atoms with Crippen LogP contribution < -0.4 is 10.6 Å². The average molecular weight is 399 g/mol. The molecule has 0 aromatic carbocycles. The summed E-state index contributed by atoms with van der Waals surface area (Å²) >= 11 is 3.98. The maximum Gasteiger partial charge on any atom is 0.232 e. The molecule has 0 radical (unpaired) electrons. The minimum absolute atomic E-state index is 0.0871. The number of hydrogen-bond acceptors (Lipinski definition) is 7. The van der Waals surface area contributed by atoms with E-state index in [1.165, 1.54) is 0 Å². The molecule has 26 heavy (non-hydrogen) atoms. The second-order valence-corrected chi connectivity index (χ2v) is 6.48. The number of halogens is 1. The van der Waals surface area contributed by atoms with Crippen LogP contribution >= 0.6 is 12.6 Å². The molecule has 0 saturated carbocycles. The zero-order valence-corrected chi connectivity index (χ0v) is 17.1. The molecule has 0 aliphatic rings. The van der Waals surface area contributed by atoms with Gasteiger partial charge in [0.2, 0.25) is 5.91 Å². The van der Waals surface area contributed by atoms with Crippen LogP contribution in [-0.4, -0.2) is 89.3 Å². The molecule has 9 heteroatoms. The van der Waals surface area contributed by atoms with Gasteiger partial charge >= 0.3 is 0 Å². The van der Waals surface area contributed by atoms with E-state index >= 15 is 0 Å². The number of ether oxygens (including phenoxy) is 4. The molecule has 0 aromatic heterocycles. The third-order valence-corrected chi connectivity index (χ3v) is 3.62. The van der Waals surface area contributed by atoms with E-state index in [2.05, 4.69) is 30.2 Å². The van der Waals surface area contributed by atoms with Crippen LogP contribution in [0.25, 0.3) is 0 Å². The number of carbonyl (C=O) groups is 1. The molecule has 156 valence electrons. The van der Waals surface area contributed by atoms with Crippen LogP contribution in [0.3, 0.4) is 0 Å². The number of rotatable bonds is 18. The Morgan fingerprint density at radius 3 is 2.08 bits per heavy atom. The summed E-state index contributed by atoms with van der Waals surface area (Å²) in [6.45, 7) is 10.3. The first-order valence-electron chi connectivity index (χ1n) is 9.14. The predicted molar refractivity (Wildman–Crippen MR) is 103 cm³/mol. The van der Waals surface area contributed by atoms with Crippen LogP contribution in [0.4, 0.5) is 4.39 Å². The molecule has 1 amide bonds. The van der Waals surface area contributed by atoms with Gasteiger partial charge in [0.05, 0.1) is 64.1 Å². The fourth-order valence-corrected chi connectivity index (χ4v) is 1.86. The number of nitrogens with one attached hydrogen (secondary N) is 2. The molecule has 3 unspecified atom stereocenters. The second-order valence-electron chi connectivity index (χ2n) is 5.70. The summed E-state index contributed by atoms with van der Waals surface area (Å²) < 4.78 is 35.3. The summed E-state index contributed by atoms with van der Waals surface area (Å²) in [5.74, 6) is -0.297. The Labute approximate surface area is 162 Å². The smallest absolute Gasteiger partial charge is 0.232 e. The average Bonchev–Trinajstić information content (AvgIpc) is 2.62. The minimum atomic E-state index is -1.28. The molecular formula is C17H35FN2O5S. The van der Waals surface area contributed by atoms with Crippen LogP contribution in [0.1, 0.15) is 20.8 Å². The largest absolute Gasteiger partial charge is 0.378 e. The summed E-state index contributed by atoms with van der Waals surface area (Å²) in [4.78, 5) is 11.3. The molecule has 0 saturated heterocycles. The zero-order chi connectivity index (χ0) is 19.6. The summed E-state index contributed by atoms with van der Waals surface area (Å²) in [5, 5.41) is 5.19. The van der Waals surface area contributed by atoms with Crippen molar-refractivity contribution in [3.05, 3.63) is 0 Å². The van der Waals surface area contributed by atoms with Gasteiger partial charge in [-0.2, -0.15) is 12.6 Å². The highest BCUT2D eigenvalue weighted by molar-refractivity contribution is 7.81. The van der Waals surface area contributed by atoms with Crippen molar-refractivity contribution in [2.24, 2.45) is 0 Å². The van der Waals surface area contributed by atoms with E-state index in [4.69, 9.17) is 18.9 Å². The maximum atomic E-state index is 13.8. The molecule has 0 spiro atoms. The van der Waals surface area contributed by atoms with Gasteiger partial charge in [0.15, 0.2) is 0 Å². The molecule has 0 bridgehead atoms. The molecule has 0 aliphatic carbocycles. The fraction of sp³-hybridized carbons (Fsp3) is 0.941. The summed E-state index contributed by atoms with van der Waals surface area (Å²) in [7, 11) is 0. The maximum absolute atomic E-state index is 13.8. The van der Waals surface area contributed by atoms with Crippen molar-refractivity contribution in [1.82, 2.24) is 10.6 Å². The van der Waals surface area contributed by atoms with Gasteiger partial charge in [-0.3, -0.25) is 4.79 Å². The highest BCUT2D eigenvalue weighted by Crippen LogP contribution is 2.03. The Morgan fingerprint density at radius 2 is 1.54 bits per heavy atom. The third kappa shape index (κ3) is 15.8. The lowest BCUT2D eigenvalue weighted by molar-refractivity contribution is -0.120. The lowest BCUT2D eigenvalue weighted by Gasteiger charge is -2.18. The topological polar surface area (TPSA) is 78.1 Å². The van der Waals surface area contributed by atoms with Gasteiger partial charge in [-0.15, -0.1) is 0 Å². The number of carbonyl (C=O) groups excluding carboxylic acids is 1.